The minimum Gasteiger partial charge on any atom is -0.421 e. The van der Waals surface area contributed by atoms with E-state index < -0.39 is 18.0 Å². The molecule has 110 valence electrons. The lowest BCUT2D eigenvalue weighted by Gasteiger charge is -2.32. The number of fused-ring (bicyclic) bond motifs is 1. The molecule has 0 spiro atoms. The van der Waals surface area contributed by atoms with Crippen molar-refractivity contribution in [2.75, 3.05) is 6.54 Å². The predicted molar refractivity (Wildman–Crippen MR) is 65.3 cm³/mol. The molecule has 20 heavy (non-hydrogen) atoms. The molecule has 1 aromatic rings. The summed E-state index contributed by atoms with van der Waals surface area (Å²) in [5.74, 6) is -0.789. The standard InChI is InChI=1S/C12H10BrF4NO2/c13-7-5-10-9(4-6(7)8-2-1-3-18-8)19-11(14,15)12(16,17)20-10/h4-5,8,18H,1-3H2. The first-order valence-corrected chi connectivity index (χ1v) is 6.80. The van der Waals surface area contributed by atoms with E-state index in [1.807, 2.05) is 0 Å². The summed E-state index contributed by atoms with van der Waals surface area (Å²) < 4.78 is 61.2. The number of nitrogens with one attached hydrogen (secondary N) is 1. The molecule has 0 radical (unpaired) electrons. The first kappa shape index (κ1) is 13.9. The summed E-state index contributed by atoms with van der Waals surface area (Å²) >= 11 is 3.24. The van der Waals surface area contributed by atoms with Crippen LogP contribution in [-0.4, -0.2) is 18.8 Å². The van der Waals surface area contributed by atoms with Crippen LogP contribution in [0.3, 0.4) is 0 Å². The molecule has 2 aliphatic rings. The summed E-state index contributed by atoms with van der Waals surface area (Å²) in [6, 6.07) is 2.52. The van der Waals surface area contributed by atoms with E-state index in [0.29, 0.717) is 10.0 Å². The molecular weight excluding hydrogens is 346 g/mol. The summed E-state index contributed by atoms with van der Waals surface area (Å²) in [5.41, 5.74) is 0.686. The van der Waals surface area contributed by atoms with Crippen LogP contribution in [0.4, 0.5) is 17.6 Å². The SMILES string of the molecule is FC1(F)Oc2cc(Br)c(C3CCCN3)cc2OC1(F)F. The highest BCUT2D eigenvalue weighted by Gasteiger charge is 2.66. The van der Waals surface area contributed by atoms with Crippen LogP contribution < -0.4 is 14.8 Å². The zero-order chi connectivity index (χ0) is 14.5. The second kappa shape index (κ2) is 4.49. The van der Waals surface area contributed by atoms with Crippen molar-refractivity contribution in [3.8, 4) is 11.5 Å². The smallest absolute Gasteiger partial charge is 0.421 e. The molecule has 1 unspecified atom stereocenters. The number of hydrogen-bond acceptors (Lipinski definition) is 3. The average Bonchev–Trinajstić information content (AvgIpc) is 2.83. The minimum absolute atomic E-state index is 0.0191. The van der Waals surface area contributed by atoms with E-state index in [1.165, 1.54) is 12.1 Å². The highest BCUT2D eigenvalue weighted by Crippen LogP contribution is 2.49. The molecule has 1 aromatic carbocycles. The Morgan fingerprint density at radius 1 is 1.10 bits per heavy atom. The third-order valence-corrected chi connectivity index (χ3v) is 4.00. The average molecular weight is 356 g/mol. The summed E-state index contributed by atoms with van der Waals surface area (Å²) in [6.45, 7) is 0.819. The van der Waals surface area contributed by atoms with Gasteiger partial charge < -0.3 is 14.8 Å². The van der Waals surface area contributed by atoms with Gasteiger partial charge in [-0.1, -0.05) is 15.9 Å². The number of rotatable bonds is 1. The van der Waals surface area contributed by atoms with Gasteiger partial charge in [0.25, 0.3) is 0 Å². The number of alkyl halides is 4. The number of benzene rings is 1. The zero-order valence-electron chi connectivity index (χ0n) is 10.1. The fourth-order valence-corrected chi connectivity index (χ4v) is 2.92. The highest BCUT2D eigenvalue weighted by atomic mass is 79.9. The van der Waals surface area contributed by atoms with Crippen molar-refractivity contribution >= 4 is 15.9 Å². The van der Waals surface area contributed by atoms with Crippen molar-refractivity contribution in [1.82, 2.24) is 5.32 Å². The molecule has 2 aliphatic heterocycles. The Morgan fingerprint density at radius 3 is 2.25 bits per heavy atom. The topological polar surface area (TPSA) is 30.5 Å². The second-order valence-electron chi connectivity index (χ2n) is 4.71. The molecule has 0 amide bonds. The molecule has 0 saturated carbocycles. The maximum absolute atomic E-state index is 13.1. The van der Waals surface area contributed by atoms with Gasteiger partial charge in [-0.2, -0.15) is 17.6 Å². The predicted octanol–water partition coefficient (Wildman–Crippen LogP) is 3.83. The monoisotopic (exact) mass is 355 g/mol. The lowest BCUT2D eigenvalue weighted by Crippen LogP contribution is -2.52. The maximum atomic E-state index is 13.1. The largest absolute Gasteiger partial charge is 0.507 e. The van der Waals surface area contributed by atoms with E-state index in [2.05, 4.69) is 30.7 Å². The van der Waals surface area contributed by atoms with E-state index in [9.17, 15) is 17.6 Å². The third-order valence-electron chi connectivity index (χ3n) is 3.31. The Kier molecular flexibility index (Phi) is 3.13. The molecule has 1 N–H and O–H groups in total. The normalized spacial score (nSPS) is 26.6. The Morgan fingerprint density at radius 2 is 1.70 bits per heavy atom. The van der Waals surface area contributed by atoms with Crippen molar-refractivity contribution in [2.24, 2.45) is 0 Å². The molecule has 1 saturated heterocycles. The molecule has 1 fully saturated rings. The third kappa shape index (κ3) is 2.14. The van der Waals surface area contributed by atoms with Gasteiger partial charge in [-0.3, -0.25) is 0 Å². The lowest BCUT2D eigenvalue weighted by atomic mass is 10.0. The Hall–Kier alpha value is -1.02. The van der Waals surface area contributed by atoms with E-state index in [-0.39, 0.29) is 11.8 Å². The Balaban J connectivity index is 2.01. The van der Waals surface area contributed by atoms with E-state index in [1.54, 1.807) is 0 Å². The molecule has 0 aliphatic carbocycles. The molecule has 2 heterocycles. The van der Waals surface area contributed by atoms with E-state index in [0.717, 1.165) is 19.4 Å². The molecule has 8 heteroatoms. The molecule has 0 aromatic heterocycles. The summed E-state index contributed by atoms with van der Waals surface area (Å²) in [4.78, 5) is 0. The molecule has 3 nitrogen and oxygen atoms in total. The first-order chi connectivity index (χ1) is 9.30. The van der Waals surface area contributed by atoms with Crippen LogP contribution in [0.1, 0.15) is 24.4 Å². The summed E-state index contributed by atoms with van der Waals surface area (Å²) in [7, 11) is 0. The van der Waals surface area contributed by atoms with Crippen LogP contribution in [-0.2, 0) is 0 Å². The first-order valence-electron chi connectivity index (χ1n) is 6.01. The minimum atomic E-state index is -4.69. The molecule has 1 atom stereocenters. The molecule has 0 bridgehead atoms. The van der Waals surface area contributed by atoms with Gasteiger partial charge in [0.05, 0.1) is 0 Å². The fraction of sp³-hybridized carbons (Fsp3) is 0.500. The van der Waals surface area contributed by atoms with Crippen molar-refractivity contribution < 1.29 is 27.0 Å². The van der Waals surface area contributed by atoms with Crippen molar-refractivity contribution in [3.63, 3.8) is 0 Å². The van der Waals surface area contributed by atoms with Gasteiger partial charge in [-0.15, -0.1) is 0 Å². The van der Waals surface area contributed by atoms with Crippen LogP contribution in [0.15, 0.2) is 16.6 Å². The van der Waals surface area contributed by atoms with Crippen LogP contribution in [0, 0.1) is 0 Å². The molecule has 3 rings (SSSR count). The van der Waals surface area contributed by atoms with Gasteiger partial charge in [0.15, 0.2) is 11.5 Å². The van der Waals surface area contributed by atoms with Gasteiger partial charge in [0.1, 0.15) is 0 Å². The van der Waals surface area contributed by atoms with Crippen LogP contribution >= 0.6 is 15.9 Å². The van der Waals surface area contributed by atoms with Gasteiger partial charge in [-0.05, 0) is 37.1 Å². The second-order valence-corrected chi connectivity index (χ2v) is 5.56. The van der Waals surface area contributed by atoms with E-state index in [4.69, 9.17) is 0 Å². The maximum Gasteiger partial charge on any atom is 0.507 e. The number of hydrogen-bond donors (Lipinski definition) is 1. The van der Waals surface area contributed by atoms with Gasteiger partial charge in [-0.25, -0.2) is 0 Å². The summed E-state index contributed by atoms with van der Waals surface area (Å²) in [6.07, 6.45) is -7.58. The van der Waals surface area contributed by atoms with Crippen molar-refractivity contribution in [3.05, 3.63) is 22.2 Å². The Bertz CT molecular complexity index is 547. The number of ether oxygens (including phenoxy) is 2. The van der Waals surface area contributed by atoms with Crippen molar-refractivity contribution in [1.29, 1.82) is 0 Å². The quantitative estimate of drug-likeness (QED) is 0.776. The van der Waals surface area contributed by atoms with Crippen molar-refractivity contribution in [2.45, 2.75) is 31.1 Å². The van der Waals surface area contributed by atoms with Gasteiger partial charge in [0, 0.05) is 10.5 Å². The van der Waals surface area contributed by atoms with Crippen LogP contribution in [0.2, 0.25) is 0 Å². The highest BCUT2D eigenvalue weighted by molar-refractivity contribution is 9.10. The zero-order valence-corrected chi connectivity index (χ0v) is 11.6. The number of halogens is 5. The van der Waals surface area contributed by atoms with Gasteiger partial charge in [0.2, 0.25) is 0 Å². The Labute approximate surface area is 120 Å². The summed E-state index contributed by atoms with van der Waals surface area (Å²) in [5, 5.41) is 3.20. The fourth-order valence-electron chi connectivity index (χ4n) is 2.32. The lowest BCUT2D eigenvalue weighted by molar-refractivity contribution is -0.391. The van der Waals surface area contributed by atoms with Crippen LogP contribution in [0.25, 0.3) is 0 Å². The van der Waals surface area contributed by atoms with Gasteiger partial charge >= 0.3 is 12.2 Å². The van der Waals surface area contributed by atoms with E-state index >= 15 is 0 Å². The molecular formula is C12H10BrF4NO2. The van der Waals surface area contributed by atoms with Crippen LogP contribution in [0.5, 0.6) is 11.5 Å².